The lowest BCUT2D eigenvalue weighted by Gasteiger charge is -2.49. The third kappa shape index (κ3) is 6.21. The molecule has 0 aromatic rings. The van der Waals surface area contributed by atoms with E-state index in [1.807, 2.05) is 0 Å². The van der Waals surface area contributed by atoms with Crippen LogP contribution in [0.3, 0.4) is 0 Å². The predicted molar refractivity (Wildman–Crippen MR) is 99.3 cm³/mol. The molecule has 28 heavy (non-hydrogen) atoms. The van der Waals surface area contributed by atoms with Gasteiger partial charge in [-0.3, -0.25) is 4.90 Å². The fraction of sp³-hybridized carbons (Fsp3) is 0.938. The molecule has 1 fully saturated rings. The fourth-order valence-electron chi connectivity index (χ4n) is 2.76. The normalized spacial score (nSPS) is 27.6. The smallest absolute Gasteiger partial charge is 0.345 e. The molecule has 0 aromatic carbocycles. The van der Waals surface area contributed by atoms with Crippen LogP contribution < -0.4 is 0 Å². The lowest BCUT2D eigenvalue weighted by atomic mass is 9.96. The van der Waals surface area contributed by atoms with Gasteiger partial charge in [-0.25, -0.2) is 4.79 Å². The molecule has 0 bridgehead atoms. The first kappa shape index (κ1) is 25.0. The van der Waals surface area contributed by atoms with E-state index in [-0.39, 0.29) is 31.5 Å². The van der Waals surface area contributed by atoms with Gasteiger partial charge in [0.2, 0.25) is 0 Å². The van der Waals surface area contributed by atoms with Gasteiger partial charge in [0.1, 0.15) is 18.8 Å². The molecule has 0 aromatic heterocycles. The summed E-state index contributed by atoms with van der Waals surface area (Å²) >= 11 is 5.58. The summed E-state index contributed by atoms with van der Waals surface area (Å²) < 4.78 is 15.6. The van der Waals surface area contributed by atoms with Crippen LogP contribution in [-0.4, -0.2) is 101 Å². The fourth-order valence-corrected chi connectivity index (χ4v) is 2.92. The second-order valence-electron chi connectivity index (χ2n) is 6.89. The molecule has 12 heteroatoms. The van der Waals surface area contributed by atoms with Crippen LogP contribution in [0.1, 0.15) is 20.3 Å². The number of methoxy groups -OCH3 is 1. The third-order valence-electron chi connectivity index (χ3n) is 4.17. The molecule has 164 valence electrons. The molecule has 0 saturated carbocycles. The maximum Gasteiger partial charge on any atom is 0.345 e. The molecule has 1 heterocycles. The minimum atomic E-state index is -2.29. The number of rotatable bonds is 11. The van der Waals surface area contributed by atoms with Crippen LogP contribution in [0.25, 0.3) is 0 Å². The molecule has 0 aliphatic carbocycles. The molecule has 3 N–H and O–H groups in total. The molecule has 1 saturated heterocycles. The summed E-state index contributed by atoms with van der Waals surface area (Å²) in [4.78, 5) is 24.6. The molecule has 0 spiro atoms. The van der Waals surface area contributed by atoms with E-state index < -0.39 is 36.9 Å². The van der Waals surface area contributed by atoms with Crippen LogP contribution in [-0.2, 0) is 14.2 Å². The molecule has 0 unspecified atom stereocenters. The van der Waals surface area contributed by atoms with Gasteiger partial charge in [0.15, 0.2) is 12.0 Å². The molecular weight excluding hydrogens is 398 g/mol. The van der Waals surface area contributed by atoms with Crippen molar-refractivity contribution in [3.63, 3.8) is 0 Å². The standard InChI is InChI=1S/C16H30ClN3O8/c1-11(2)9-19(15(23)20(18-25)6-5-17)16(24)10-28-14(12(21)13(16)22)27-8-4-7-26-3/h11-14,21-22,24H,4-10H2,1-3H3/t12-,13-,14+,16+/m1/s1. The number of amides is 2. The van der Waals surface area contributed by atoms with Crippen LogP contribution in [0.4, 0.5) is 4.79 Å². The first-order valence-electron chi connectivity index (χ1n) is 9.01. The van der Waals surface area contributed by atoms with E-state index >= 15 is 0 Å². The van der Waals surface area contributed by atoms with Crippen molar-refractivity contribution >= 4 is 17.6 Å². The van der Waals surface area contributed by atoms with Crippen LogP contribution >= 0.6 is 11.6 Å². The Balaban J connectivity index is 2.97. The van der Waals surface area contributed by atoms with Crippen molar-refractivity contribution < 1.29 is 34.3 Å². The average Bonchev–Trinajstić information content (AvgIpc) is 2.66. The Bertz CT molecular complexity index is 501. The van der Waals surface area contributed by atoms with Crippen LogP contribution in [0, 0.1) is 10.8 Å². The van der Waals surface area contributed by atoms with E-state index in [0.29, 0.717) is 18.0 Å². The van der Waals surface area contributed by atoms with E-state index in [0.717, 1.165) is 4.90 Å². The summed E-state index contributed by atoms with van der Waals surface area (Å²) in [5.41, 5.74) is -2.29. The van der Waals surface area contributed by atoms with E-state index in [2.05, 4.69) is 5.29 Å². The number of hydrogen-bond donors (Lipinski definition) is 3. The van der Waals surface area contributed by atoms with Gasteiger partial charge in [0, 0.05) is 26.1 Å². The van der Waals surface area contributed by atoms with E-state index in [1.165, 1.54) is 7.11 Å². The summed E-state index contributed by atoms with van der Waals surface area (Å²) in [6.07, 6.45) is -4.08. The molecule has 11 nitrogen and oxygen atoms in total. The van der Waals surface area contributed by atoms with Crippen molar-refractivity contribution in [3.05, 3.63) is 4.91 Å². The number of ether oxygens (including phenoxy) is 3. The van der Waals surface area contributed by atoms with E-state index in [4.69, 9.17) is 25.8 Å². The van der Waals surface area contributed by atoms with E-state index in [9.17, 15) is 25.0 Å². The van der Waals surface area contributed by atoms with Crippen molar-refractivity contribution in [3.8, 4) is 0 Å². The third-order valence-corrected chi connectivity index (χ3v) is 4.34. The monoisotopic (exact) mass is 427 g/mol. The molecule has 4 atom stereocenters. The zero-order chi connectivity index (χ0) is 21.3. The van der Waals surface area contributed by atoms with Gasteiger partial charge in [-0.05, 0) is 12.3 Å². The number of hydrogen-bond acceptors (Lipinski definition) is 9. The van der Waals surface area contributed by atoms with Crippen molar-refractivity contribution in [2.24, 2.45) is 11.2 Å². The zero-order valence-electron chi connectivity index (χ0n) is 16.4. The van der Waals surface area contributed by atoms with Gasteiger partial charge in [-0.1, -0.05) is 13.8 Å². The minimum Gasteiger partial charge on any atom is -0.385 e. The highest BCUT2D eigenvalue weighted by molar-refractivity contribution is 6.18. The number of urea groups is 1. The maximum absolute atomic E-state index is 12.7. The van der Waals surface area contributed by atoms with Crippen LogP contribution in [0.2, 0.25) is 0 Å². The number of aliphatic hydroxyl groups is 3. The number of nitroso groups, excluding NO2 is 1. The van der Waals surface area contributed by atoms with Gasteiger partial charge in [0.25, 0.3) is 0 Å². The number of halogens is 1. The van der Waals surface area contributed by atoms with Crippen molar-refractivity contribution in [2.75, 3.05) is 45.9 Å². The lowest BCUT2D eigenvalue weighted by molar-refractivity contribution is -0.325. The largest absolute Gasteiger partial charge is 0.385 e. The highest BCUT2D eigenvalue weighted by Crippen LogP contribution is 2.30. The van der Waals surface area contributed by atoms with Crippen molar-refractivity contribution in [1.29, 1.82) is 0 Å². The summed E-state index contributed by atoms with van der Waals surface area (Å²) in [5, 5.41) is 35.1. The van der Waals surface area contributed by atoms with Gasteiger partial charge < -0.3 is 29.5 Å². The second-order valence-corrected chi connectivity index (χ2v) is 7.27. The maximum atomic E-state index is 12.7. The van der Waals surface area contributed by atoms with Gasteiger partial charge in [-0.2, -0.15) is 5.01 Å². The topological polar surface area (TPSA) is 141 Å². The summed E-state index contributed by atoms with van der Waals surface area (Å²) in [7, 11) is 1.54. The van der Waals surface area contributed by atoms with E-state index in [1.54, 1.807) is 13.8 Å². The summed E-state index contributed by atoms with van der Waals surface area (Å²) in [5.74, 6) is -0.186. The van der Waals surface area contributed by atoms with Crippen molar-refractivity contribution in [1.82, 2.24) is 9.91 Å². The Labute approximate surface area is 169 Å². The zero-order valence-corrected chi connectivity index (χ0v) is 17.1. The number of alkyl halides is 1. The molecular formula is C16H30ClN3O8. The number of aliphatic hydroxyl groups excluding tert-OH is 2. The lowest BCUT2D eigenvalue weighted by Crippen LogP contribution is -2.71. The highest BCUT2D eigenvalue weighted by Gasteiger charge is 2.54. The Kier molecular flexibility index (Phi) is 10.5. The van der Waals surface area contributed by atoms with Crippen LogP contribution in [0.5, 0.6) is 0 Å². The summed E-state index contributed by atoms with van der Waals surface area (Å²) in [6, 6.07) is -0.957. The number of carbonyl (C=O) groups is 1. The summed E-state index contributed by atoms with van der Waals surface area (Å²) in [6.45, 7) is 3.45. The predicted octanol–water partition coefficient (Wildman–Crippen LogP) is 0.106. The Morgan fingerprint density at radius 2 is 2.07 bits per heavy atom. The second kappa shape index (κ2) is 11.8. The van der Waals surface area contributed by atoms with Gasteiger partial charge in [-0.15, -0.1) is 16.5 Å². The molecule has 1 aliphatic rings. The molecule has 2 amide bonds. The first-order valence-corrected chi connectivity index (χ1v) is 9.55. The quantitative estimate of drug-likeness (QED) is 0.139. The molecule has 0 radical (unpaired) electrons. The first-order chi connectivity index (χ1) is 13.2. The minimum absolute atomic E-state index is 0.0316. The Morgan fingerprint density at radius 3 is 2.61 bits per heavy atom. The van der Waals surface area contributed by atoms with Crippen molar-refractivity contribution in [2.45, 2.75) is 44.5 Å². The SMILES string of the molecule is COCCCO[C@H]1OC[C@@](O)(N(CC(C)C)C(=O)N(CCCl)N=O)[C@H](O)[C@H]1O. The average molecular weight is 428 g/mol. The van der Waals surface area contributed by atoms with Gasteiger partial charge >= 0.3 is 6.03 Å². The number of carbonyl (C=O) groups excluding carboxylic acids is 1. The van der Waals surface area contributed by atoms with Gasteiger partial charge in [0.05, 0.1) is 18.4 Å². The Hall–Kier alpha value is -1.08. The molecule has 1 rings (SSSR count). The Morgan fingerprint density at radius 1 is 1.39 bits per heavy atom. The number of nitrogens with zero attached hydrogens (tertiary/aromatic N) is 3. The molecule has 1 aliphatic heterocycles. The van der Waals surface area contributed by atoms with Crippen LogP contribution in [0.15, 0.2) is 5.29 Å². The highest BCUT2D eigenvalue weighted by atomic mass is 35.5.